The molecule has 1 aliphatic carbocycles. The molecule has 2 nitrogen and oxygen atoms in total. The van der Waals surface area contributed by atoms with Crippen molar-refractivity contribution in [2.24, 2.45) is 0 Å². The molecule has 0 aliphatic heterocycles. The third kappa shape index (κ3) is 1.50. The molecule has 0 amide bonds. The summed E-state index contributed by atoms with van der Waals surface area (Å²) in [6, 6.07) is 3.49. The van der Waals surface area contributed by atoms with Gasteiger partial charge in [0, 0.05) is 0 Å². The molecule has 0 unspecified atom stereocenters. The first-order valence-corrected chi connectivity index (χ1v) is 5.01. The van der Waals surface area contributed by atoms with Gasteiger partial charge in [-0.2, -0.15) is 0 Å². The Bertz CT molecular complexity index is 395. The Labute approximate surface area is 87.5 Å². The minimum atomic E-state index is -0.958. The Morgan fingerprint density at radius 1 is 1.50 bits per heavy atom. The molecule has 1 fully saturated rings. The minimum Gasteiger partial charge on any atom is -0.478 e. The molecule has 1 N–H and O–H groups in total. The minimum absolute atomic E-state index is 0.202. The number of hydrogen-bond donors (Lipinski definition) is 1. The van der Waals surface area contributed by atoms with Crippen LogP contribution in [0.4, 0.5) is 0 Å². The van der Waals surface area contributed by atoms with Gasteiger partial charge in [0.25, 0.3) is 0 Å². The lowest BCUT2D eigenvalue weighted by Crippen LogP contribution is -2.00. The normalized spacial score (nSPS) is 15.6. The van der Waals surface area contributed by atoms with Crippen molar-refractivity contribution < 1.29 is 9.90 Å². The van der Waals surface area contributed by atoms with Crippen molar-refractivity contribution in [3.8, 4) is 0 Å². The third-order valence-corrected chi connectivity index (χ3v) is 3.16. The van der Waals surface area contributed by atoms with E-state index in [9.17, 15) is 4.79 Å². The highest BCUT2D eigenvalue weighted by Crippen LogP contribution is 2.43. The van der Waals surface area contributed by atoms with Gasteiger partial charge < -0.3 is 5.11 Å². The second-order valence-corrected chi connectivity index (χ2v) is 4.10. The maximum Gasteiger partial charge on any atom is 0.337 e. The van der Waals surface area contributed by atoms with E-state index in [0.717, 1.165) is 5.56 Å². The van der Waals surface area contributed by atoms with E-state index in [2.05, 4.69) is 0 Å². The largest absolute Gasteiger partial charge is 0.478 e. The van der Waals surface area contributed by atoms with E-state index in [-0.39, 0.29) is 5.56 Å². The summed E-state index contributed by atoms with van der Waals surface area (Å²) in [4.78, 5) is 10.8. The first-order chi connectivity index (χ1) is 6.61. The van der Waals surface area contributed by atoms with Crippen LogP contribution in [-0.4, -0.2) is 11.1 Å². The van der Waals surface area contributed by atoms with Crippen LogP contribution in [0.5, 0.6) is 0 Å². The molecule has 3 heteroatoms. The van der Waals surface area contributed by atoms with Crippen LogP contribution in [0.15, 0.2) is 12.1 Å². The summed E-state index contributed by atoms with van der Waals surface area (Å²) in [5.74, 6) is -0.351. The molecule has 0 bridgehead atoms. The van der Waals surface area contributed by atoms with E-state index >= 15 is 0 Å². The molecule has 0 saturated heterocycles. The molecule has 0 heterocycles. The molecule has 1 aliphatic rings. The molecule has 0 radical (unpaired) electrons. The molecule has 14 heavy (non-hydrogen) atoms. The van der Waals surface area contributed by atoms with Crippen LogP contribution >= 0.6 is 11.6 Å². The fourth-order valence-corrected chi connectivity index (χ4v) is 1.95. The average Bonchev–Trinajstić information content (AvgIpc) is 2.92. The molecule has 0 spiro atoms. The maximum absolute atomic E-state index is 10.8. The number of carboxylic acids is 1. The predicted molar refractivity (Wildman–Crippen MR) is 55.1 cm³/mol. The average molecular weight is 211 g/mol. The summed E-state index contributed by atoms with van der Waals surface area (Å²) < 4.78 is 0. The van der Waals surface area contributed by atoms with Crippen molar-refractivity contribution >= 4 is 17.6 Å². The van der Waals surface area contributed by atoms with Crippen molar-refractivity contribution in [3.05, 3.63) is 33.8 Å². The van der Waals surface area contributed by atoms with Gasteiger partial charge in [-0.25, -0.2) is 4.79 Å². The Balaban J connectivity index is 2.50. The van der Waals surface area contributed by atoms with Crippen LogP contribution in [0.1, 0.15) is 40.2 Å². The highest BCUT2D eigenvalue weighted by Gasteiger charge is 2.26. The molecule has 1 aromatic carbocycles. The van der Waals surface area contributed by atoms with Gasteiger partial charge in [0.1, 0.15) is 0 Å². The smallest absolute Gasteiger partial charge is 0.337 e. The van der Waals surface area contributed by atoms with E-state index in [1.54, 1.807) is 6.07 Å². The highest BCUT2D eigenvalue weighted by atomic mass is 35.5. The van der Waals surface area contributed by atoms with Gasteiger partial charge in [-0.3, -0.25) is 0 Å². The number of hydrogen-bond acceptors (Lipinski definition) is 1. The van der Waals surface area contributed by atoms with E-state index in [1.807, 2.05) is 13.0 Å². The predicted octanol–water partition coefficient (Wildman–Crippen LogP) is 3.22. The van der Waals surface area contributed by atoms with Crippen molar-refractivity contribution in [1.82, 2.24) is 0 Å². The topological polar surface area (TPSA) is 37.3 Å². The fourth-order valence-electron chi connectivity index (χ4n) is 1.70. The van der Waals surface area contributed by atoms with Crippen molar-refractivity contribution in [1.29, 1.82) is 0 Å². The van der Waals surface area contributed by atoms with E-state index in [0.29, 0.717) is 10.9 Å². The molecule has 1 aromatic rings. The number of aromatic carboxylic acids is 1. The zero-order valence-electron chi connectivity index (χ0n) is 7.88. The quantitative estimate of drug-likeness (QED) is 0.814. The number of carboxylic acid groups (broad SMARTS) is 1. The highest BCUT2D eigenvalue weighted by molar-refractivity contribution is 6.34. The lowest BCUT2D eigenvalue weighted by atomic mass is 10.0. The summed E-state index contributed by atoms with van der Waals surface area (Å²) in [6.07, 6.45) is 2.40. The molecular weight excluding hydrogens is 200 g/mol. The number of rotatable bonds is 2. The zero-order chi connectivity index (χ0) is 10.3. The van der Waals surface area contributed by atoms with Crippen LogP contribution in [0.25, 0.3) is 0 Å². The Morgan fingerprint density at radius 3 is 2.64 bits per heavy atom. The zero-order valence-corrected chi connectivity index (χ0v) is 8.64. The van der Waals surface area contributed by atoms with Gasteiger partial charge in [-0.05, 0) is 42.9 Å². The monoisotopic (exact) mass is 210 g/mol. The number of halogens is 1. The first-order valence-electron chi connectivity index (χ1n) is 4.63. The second-order valence-electron chi connectivity index (χ2n) is 3.72. The third-order valence-electron chi connectivity index (χ3n) is 2.68. The van der Waals surface area contributed by atoms with E-state index < -0.39 is 5.97 Å². The lowest BCUT2D eigenvalue weighted by molar-refractivity contribution is 0.0697. The Morgan fingerprint density at radius 2 is 2.14 bits per heavy atom. The lowest BCUT2D eigenvalue weighted by Gasteiger charge is -2.08. The van der Waals surface area contributed by atoms with Crippen molar-refractivity contribution in [3.63, 3.8) is 0 Å². The molecule has 0 atom stereocenters. The van der Waals surface area contributed by atoms with Gasteiger partial charge in [0.2, 0.25) is 0 Å². The second kappa shape index (κ2) is 3.28. The SMILES string of the molecule is Cc1c(C2CC2)ccc(C(=O)O)c1Cl. The molecular formula is C11H11ClO2. The summed E-state index contributed by atoms with van der Waals surface area (Å²) in [7, 11) is 0. The molecule has 74 valence electrons. The van der Waals surface area contributed by atoms with Crippen LogP contribution in [0, 0.1) is 6.92 Å². The van der Waals surface area contributed by atoms with Crippen LogP contribution in [-0.2, 0) is 0 Å². The fraction of sp³-hybridized carbons (Fsp3) is 0.364. The maximum atomic E-state index is 10.8. The van der Waals surface area contributed by atoms with Gasteiger partial charge in [0.15, 0.2) is 0 Å². The van der Waals surface area contributed by atoms with Crippen LogP contribution in [0.2, 0.25) is 5.02 Å². The van der Waals surface area contributed by atoms with Crippen LogP contribution in [0.3, 0.4) is 0 Å². The van der Waals surface area contributed by atoms with Gasteiger partial charge in [0.05, 0.1) is 10.6 Å². The Kier molecular flexibility index (Phi) is 2.23. The standard InChI is InChI=1S/C11H11ClO2/c1-6-8(7-2-3-7)4-5-9(10(6)12)11(13)14/h4-5,7H,2-3H2,1H3,(H,13,14). The summed E-state index contributed by atoms with van der Waals surface area (Å²) in [6.45, 7) is 1.89. The van der Waals surface area contributed by atoms with Gasteiger partial charge in [-0.1, -0.05) is 17.7 Å². The van der Waals surface area contributed by atoms with Crippen molar-refractivity contribution in [2.45, 2.75) is 25.7 Å². The van der Waals surface area contributed by atoms with Crippen LogP contribution < -0.4 is 0 Å². The molecule has 1 saturated carbocycles. The Hall–Kier alpha value is -1.02. The molecule has 0 aromatic heterocycles. The summed E-state index contributed by atoms with van der Waals surface area (Å²) >= 11 is 5.98. The van der Waals surface area contributed by atoms with Crippen molar-refractivity contribution in [2.75, 3.05) is 0 Å². The first kappa shape index (κ1) is 9.53. The number of carbonyl (C=O) groups is 1. The van der Waals surface area contributed by atoms with E-state index in [4.69, 9.17) is 16.7 Å². The summed E-state index contributed by atoms with van der Waals surface area (Å²) in [5, 5.41) is 9.24. The van der Waals surface area contributed by atoms with Gasteiger partial charge >= 0.3 is 5.97 Å². The van der Waals surface area contributed by atoms with E-state index in [1.165, 1.54) is 18.4 Å². The summed E-state index contributed by atoms with van der Waals surface area (Å²) in [5.41, 5.74) is 2.34. The van der Waals surface area contributed by atoms with Gasteiger partial charge in [-0.15, -0.1) is 0 Å². The number of benzene rings is 1. The molecule has 2 rings (SSSR count).